The van der Waals surface area contributed by atoms with Crippen LogP contribution in [0.3, 0.4) is 0 Å². The lowest BCUT2D eigenvalue weighted by atomic mass is 10.2. The van der Waals surface area contributed by atoms with Crippen LogP contribution < -0.4 is 10.0 Å². The van der Waals surface area contributed by atoms with E-state index in [1.165, 1.54) is 6.20 Å². The van der Waals surface area contributed by atoms with Crippen molar-refractivity contribution < 1.29 is 9.72 Å². The van der Waals surface area contributed by atoms with E-state index < -0.39 is 15.1 Å². The van der Waals surface area contributed by atoms with Gasteiger partial charge in [-0.25, -0.2) is 4.99 Å². The molecule has 21 heavy (non-hydrogen) atoms. The van der Waals surface area contributed by atoms with E-state index in [0.29, 0.717) is 17.3 Å². The molecule has 1 aromatic rings. The van der Waals surface area contributed by atoms with Crippen molar-refractivity contribution in [2.75, 3.05) is 12.8 Å². The Morgan fingerprint density at radius 2 is 2.05 bits per heavy atom. The Kier molecular flexibility index (Phi) is 4.39. The lowest BCUT2D eigenvalue weighted by Gasteiger charge is -2.30. The minimum Gasteiger partial charge on any atom is -0.301 e. The van der Waals surface area contributed by atoms with Gasteiger partial charge in [0.05, 0.1) is 4.92 Å². The molecule has 2 rings (SSSR count). The molecule has 0 aromatic heterocycles. The fourth-order valence-corrected chi connectivity index (χ4v) is 4.13. The quantitative estimate of drug-likeness (QED) is 0.655. The maximum absolute atomic E-state index is 12.2. The summed E-state index contributed by atoms with van der Waals surface area (Å²) in [7, 11) is -2.11. The molecule has 7 nitrogen and oxygen atoms in total. The SMILES string of the molecule is CCNS1(C)C([N+](=O)[O-])=CN=C1NC(=O)c1ccccc1. The third kappa shape index (κ3) is 2.96. The first-order chi connectivity index (χ1) is 9.99. The predicted molar refractivity (Wildman–Crippen MR) is 83.6 cm³/mol. The maximum Gasteiger partial charge on any atom is 0.322 e. The zero-order valence-electron chi connectivity index (χ0n) is 11.7. The molecule has 0 saturated carbocycles. The molecule has 112 valence electrons. The number of rotatable bonds is 4. The summed E-state index contributed by atoms with van der Waals surface area (Å²) in [6.07, 6.45) is 2.92. The van der Waals surface area contributed by atoms with Crippen LogP contribution >= 0.6 is 10.2 Å². The number of amides is 1. The van der Waals surface area contributed by atoms with Crippen LogP contribution in [-0.4, -0.2) is 28.8 Å². The lowest BCUT2D eigenvalue weighted by Crippen LogP contribution is -2.39. The number of carbonyl (C=O) groups excluding carboxylic acids is 1. The van der Waals surface area contributed by atoms with Crippen molar-refractivity contribution in [1.29, 1.82) is 0 Å². The van der Waals surface area contributed by atoms with E-state index in [0.717, 1.165) is 0 Å². The van der Waals surface area contributed by atoms with E-state index in [1.54, 1.807) is 30.5 Å². The summed E-state index contributed by atoms with van der Waals surface area (Å²) in [5.74, 6) is -0.330. The van der Waals surface area contributed by atoms with Gasteiger partial charge >= 0.3 is 5.03 Å². The summed E-state index contributed by atoms with van der Waals surface area (Å²) >= 11 is 0. The third-order valence-corrected chi connectivity index (χ3v) is 5.90. The van der Waals surface area contributed by atoms with Gasteiger partial charge in [-0.3, -0.25) is 19.6 Å². The molecular formula is C13H16N4O3S. The monoisotopic (exact) mass is 308 g/mol. The van der Waals surface area contributed by atoms with Crippen LogP contribution in [0.2, 0.25) is 0 Å². The molecule has 0 saturated heterocycles. The van der Waals surface area contributed by atoms with E-state index in [1.807, 2.05) is 13.0 Å². The van der Waals surface area contributed by atoms with Crippen LogP contribution in [0.15, 0.2) is 46.6 Å². The van der Waals surface area contributed by atoms with Gasteiger partial charge in [-0.15, -0.1) is 0 Å². The van der Waals surface area contributed by atoms with Crippen LogP contribution in [0.25, 0.3) is 0 Å². The molecule has 1 aliphatic rings. The third-order valence-electron chi connectivity index (χ3n) is 2.97. The lowest BCUT2D eigenvalue weighted by molar-refractivity contribution is -0.411. The van der Waals surface area contributed by atoms with E-state index in [-0.39, 0.29) is 10.9 Å². The summed E-state index contributed by atoms with van der Waals surface area (Å²) in [4.78, 5) is 26.9. The molecule has 0 aliphatic carbocycles. The number of hydrogen-bond acceptors (Lipinski definition) is 5. The topological polar surface area (TPSA) is 96.6 Å². The van der Waals surface area contributed by atoms with Crippen LogP contribution in [-0.2, 0) is 0 Å². The van der Waals surface area contributed by atoms with Crippen LogP contribution in [0, 0.1) is 10.1 Å². The number of nitro groups is 1. The summed E-state index contributed by atoms with van der Waals surface area (Å²) in [5.41, 5.74) is 0.480. The maximum atomic E-state index is 12.2. The summed E-state index contributed by atoms with van der Waals surface area (Å²) in [6.45, 7) is 2.39. The molecule has 8 heteroatoms. The number of nitrogens with one attached hydrogen (secondary N) is 2. The average molecular weight is 308 g/mol. The van der Waals surface area contributed by atoms with Gasteiger partial charge in [0.25, 0.3) is 5.91 Å². The van der Waals surface area contributed by atoms with Gasteiger partial charge < -0.3 is 5.32 Å². The Bertz CT molecular complexity index is 630. The molecule has 1 aliphatic heterocycles. The molecule has 1 aromatic carbocycles. The Morgan fingerprint density at radius 1 is 1.38 bits per heavy atom. The smallest absolute Gasteiger partial charge is 0.301 e. The van der Waals surface area contributed by atoms with Crippen molar-refractivity contribution in [3.8, 4) is 0 Å². The van der Waals surface area contributed by atoms with Crippen molar-refractivity contribution in [1.82, 2.24) is 10.0 Å². The average Bonchev–Trinajstić information content (AvgIpc) is 2.77. The first-order valence-corrected chi connectivity index (χ1v) is 8.35. The van der Waals surface area contributed by atoms with Crippen LogP contribution in [0.4, 0.5) is 0 Å². The summed E-state index contributed by atoms with van der Waals surface area (Å²) in [5, 5.41) is 14.1. The van der Waals surface area contributed by atoms with E-state index in [9.17, 15) is 14.9 Å². The first-order valence-electron chi connectivity index (χ1n) is 6.31. The van der Waals surface area contributed by atoms with E-state index in [4.69, 9.17) is 0 Å². The van der Waals surface area contributed by atoms with Crippen LogP contribution in [0.1, 0.15) is 17.3 Å². The van der Waals surface area contributed by atoms with E-state index >= 15 is 0 Å². The first kappa shape index (κ1) is 15.2. The zero-order valence-corrected chi connectivity index (χ0v) is 12.5. The normalized spacial score (nSPS) is 23.7. The zero-order chi connectivity index (χ0) is 15.5. The molecule has 1 unspecified atom stereocenters. The van der Waals surface area contributed by atoms with Crippen molar-refractivity contribution in [2.24, 2.45) is 4.99 Å². The number of carbonyl (C=O) groups is 1. The number of amidine groups is 1. The summed E-state index contributed by atoms with van der Waals surface area (Å²) in [6, 6.07) is 8.66. The van der Waals surface area contributed by atoms with Crippen molar-refractivity contribution >= 4 is 21.3 Å². The van der Waals surface area contributed by atoms with E-state index in [2.05, 4.69) is 15.0 Å². The molecule has 0 radical (unpaired) electrons. The highest BCUT2D eigenvalue weighted by molar-refractivity contribution is 8.46. The standard InChI is InChI=1S/C13H16N4O3S/c1-3-15-21(2)11(17(19)20)9-14-13(21)16-12(18)10-7-5-4-6-8-10/h4-9,15H,3H2,1-2H3,(H,14,16,18). The highest BCUT2D eigenvalue weighted by atomic mass is 32.3. The van der Waals surface area contributed by atoms with Gasteiger partial charge in [-0.1, -0.05) is 25.1 Å². The molecule has 1 atom stereocenters. The minimum absolute atomic E-state index is 0.00675. The fourth-order valence-electron chi connectivity index (χ4n) is 1.94. The van der Waals surface area contributed by atoms with Crippen molar-refractivity contribution in [2.45, 2.75) is 6.92 Å². The van der Waals surface area contributed by atoms with Crippen LogP contribution in [0.5, 0.6) is 0 Å². The Hall–Kier alpha value is -2.19. The number of aliphatic imine (C=N–C) groups is 1. The highest BCUT2D eigenvalue weighted by Crippen LogP contribution is 2.52. The molecule has 1 amide bonds. The van der Waals surface area contributed by atoms with Gasteiger partial charge in [0.2, 0.25) is 0 Å². The predicted octanol–water partition coefficient (Wildman–Crippen LogP) is 1.82. The molecule has 0 bridgehead atoms. The van der Waals surface area contributed by atoms with Gasteiger partial charge in [0.1, 0.15) is 6.20 Å². The molecule has 0 spiro atoms. The Morgan fingerprint density at radius 3 is 2.62 bits per heavy atom. The number of hydrogen-bond donors (Lipinski definition) is 2. The fraction of sp³-hybridized carbons (Fsp3) is 0.231. The largest absolute Gasteiger partial charge is 0.322 e. The van der Waals surface area contributed by atoms with Gasteiger partial charge in [-0.2, -0.15) is 0 Å². The molecular weight excluding hydrogens is 292 g/mol. The van der Waals surface area contributed by atoms with Gasteiger partial charge in [-0.05, 0) is 28.6 Å². The van der Waals surface area contributed by atoms with Gasteiger partial charge in [0, 0.05) is 12.1 Å². The number of nitrogens with zero attached hydrogens (tertiary/aromatic N) is 2. The summed E-state index contributed by atoms with van der Waals surface area (Å²) < 4.78 is 3.09. The molecule has 1 heterocycles. The second-order valence-electron chi connectivity index (χ2n) is 4.40. The van der Waals surface area contributed by atoms with Crippen molar-refractivity contribution in [3.63, 3.8) is 0 Å². The second-order valence-corrected chi connectivity index (χ2v) is 7.33. The number of benzene rings is 1. The Balaban J connectivity index is 2.21. The Labute approximate surface area is 123 Å². The second kappa shape index (κ2) is 6.06. The molecule has 2 N–H and O–H groups in total. The molecule has 0 fully saturated rings. The van der Waals surface area contributed by atoms with Gasteiger partial charge in [0.15, 0.2) is 5.17 Å². The highest BCUT2D eigenvalue weighted by Gasteiger charge is 2.42. The minimum atomic E-state index is -2.11. The van der Waals surface area contributed by atoms with Crippen molar-refractivity contribution in [3.05, 3.63) is 57.2 Å².